The van der Waals surface area contributed by atoms with Gasteiger partial charge in [-0.3, -0.25) is 14.9 Å². The van der Waals surface area contributed by atoms with Crippen LogP contribution in [-0.4, -0.2) is 27.4 Å². The van der Waals surface area contributed by atoms with E-state index in [4.69, 9.17) is 10.4 Å². The number of nitro groups is 1. The second-order valence-corrected chi connectivity index (χ2v) is 3.23. The average Bonchev–Trinajstić information content (AvgIpc) is 2.35. The van der Waals surface area contributed by atoms with Gasteiger partial charge in [-0.15, -0.1) is 0 Å². The van der Waals surface area contributed by atoms with E-state index in [1.807, 2.05) is 0 Å². The van der Waals surface area contributed by atoms with Crippen molar-refractivity contribution in [2.24, 2.45) is 0 Å². The molecule has 0 heterocycles. The number of aliphatic hydroxyl groups excluding tert-OH is 1. The summed E-state index contributed by atoms with van der Waals surface area (Å²) in [6.45, 7) is 0. The molecule has 1 aromatic rings. The van der Waals surface area contributed by atoms with Gasteiger partial charge in [0.15, 0.2) is 12.4 Å². The molecule has 8 heteroatoms. The van der Waals surface area contributed by atoms with Crippen LogP contribution in [0.1, 0.15) is 27.6 Å². The van der Waals surface area contributed by atoms with Crippen LogP contribution in [0, 0.1) is 21.4 Å². The minimum absolute atomic E-state index is 0.176. The Morgan fingerprint density at radius 3 is 2.56 bits per heavy atom. The lowest BCUT2D eigenvalue weighted by Gasteiger charge is -2.09. The third kappa shape index (κ3) is 2.31. The van der Waals surface area contributed by atoms with Gasteiger partial charge in [0.25, 0.3) is 5.69 Å². The first-order chi connectivity index (χ1) is 8.42. The number of nitrogens with zero attached hydrogens (tertiary/aromatic N) is 2. The van der Waals surface area contributed by atoms with Crippen molar-refractivity contribution in [2.75, 3.05) is 0 Å². The number of carbonyl (C=O) groups excluding carboxylic acids is 1. The van der Waals surface area contributed by atoms with Crippen LogP contribution in [0.2, 0.25) is 0 Å². The van der Waals surface area contributed by atoms with E-state index in [2.05, 4.69) is 0 Å². The van der Waals surface area contributed by atoms with Crippen LogP contribution in [0.25, 0.3) is 0 Å². The van der Waals surface area contributed by atoms with Gasteiger partial charge in [0.05, 0.1) is 4.92 Å². The molecule has 0 bridgehead atoms. The van der Waals surface area contributed by atoms with Gasteiger partial charge in [-0.2, -0.15) is 5.26 Å². The molecular formula is C10H6N2O6. The maximum Gasteiger partial charge on any atom is 0.337 e. The lowest BCUT2D eigenvalue weighted by Crippen LogP contribution is -2.13. The third-order valence-corrected chi connectivity index (χ3v) is 2.17. The van der Waals surface area contributed by atoms with E-state index in [1.54, 1.807) is 0 Å². The number of hydrogen-bond acceptors (Lipinski definition) is 6. The Morgan fingerprint density at radius 2 is 2.17 bits per heavy atom. The van der Waals surface area contributed by atoms with Crippen molar-refractivity contribution < 1.29 is 24.7 Å². The van der Waals surface area contributed by atoms with Gasteiger partial charge >= 0.3 is 5.97 Å². The highest BCUT2D eigenvalue weighted by Crippen LogP contribution is 2.26. The minimum Gasteiger partial charge on any atom is -0.479 e. The highest BCUT2D eigenvalue weighted by molar-refractivity contribution is 5.84. The van der Waals surface area contributed by atoms with Gasteiger partial charge < -0.3 is 10.2 Å². The predicted octanol–water partition coefficient (Wildman–Crippen LogP) is 0.397. The molecular weight excluding hydrogens is 244 g/mol. The lowest BCUT2D eigenvalue weighted by molar-refractivity contribution is -0.385. The second-order valence-electron chi connectivity index (χ2n) is 3.23. The molecule has 92 valence electrons. The standard InChI is InChI=1S/C10H6N2O6/c11-3-5-1-7(9(14)10(15)16)6(4-13)2-8(5)12(17)18/h1-2,4,9,14H,(H,15,16). The van der Waals surface area contributed by atoms with Crippen molar-refractivity contribution in [3.8, 4) is 6.07 Å². The van der Waals surface area contributed by atoms with E-state index < -0.39 is 28.2 Å². The summed E-state index contributed by atoms with van der Waals surface area (Å²) in [5, 5.41) is 37.3. The number of benzene rings is 1. The molecule has 1 atom stereocenters. The predicted molar refractivity (Wildman–Crippen MR) is 55.8 cm³/mol. The summed E-state index contributed by atoms with van der Waals surface area (Å²) >= 11 is 0. The van der Waals surface area contributed by atoms with Crippen LogP contribution in [0.5, 0.6) is 0 Å². The molecule has 18 heavy (non-hydrogen) atoms. The zero-order valence-corrected chi connectivity index (χ0v) is 8.73. The van der Waals surface area contributed by atoms with E-state index >= 15 is 0 Å². The monoisotopic (exact) mass is 250 g/mol. The second kappa shape index (κ2) is 5.03. The number of carboxylic acids is 1. The van der Waals surface area contributed by atoms with Crippen LogP contribution in [0.3, 0.4) is 0 Å². The summed E-state index contributed by atoms with van der Waals surface area (Å²) in [6, 6.07) is 3.08. The molecule has 8 nitrogen and oxygen atoms in total. The molecule has 0 amide bonds. The largest absolute Gasteiger partial charge is 0.479 e. The summed E-state index contributed by atoms with van der Waals surface area (Å²) in [5.41, 5.74) is -1.77. The molecule has 0 saturated heterocycles. The highest BCUT2D eigenvalue weighted by atomic mass is 16.6. The number of aldehydes is 1. The van der Waals surface area contributed by atoms with E-state index in [0.717, 1.165) is 12.1 Å². The van der Waals surface area contributed by atoms with E-state index in [-0.39, 0.29) is 17.4 Å². The Bertz CT molecular complexity index is 574. The lowest BCUT2D eigenvalue weighted by atomic mass is 9.99. The molecule has 0 aliphatic carbocycles. The van der Waals surface area contributed by atoms with Crippen LogP contribution in [-0.2, 0) is 4.79 Å². The van der Waals surface area contributed by atoms with Crippen LogP contribution >= 0.6 is 0 Å². The molecule has 0 radical (unpaired) electrons. The smallest absolute Gasteiger partial charge is 0.337 e. The van der Waals surface area contributed by atoms with E-state index in [1.165, 1.54) is 6.07 Å². The number of carbonyl (C=O) groups is 2. The van der Waals surface area contributed by atoms with Crippen molar-refractivity contribution in [3.05, 3.63) is 38.9 Å². The molecule has 0 aromatic heterocycles. The number of carboxylic acid groups (broad SMARTS) is 1. The number of nitro benzene ring substituents is 1. The van der Waals surface area contributed by atoms with Crippen molar-refractivity contribution in [2.45, 2.75) is 6.10 Å². The Kier molecular flexibility index (Phi) is 3.71. The Hall–Kier alpha value is -2.79. The zero-order chi connectivity index (χ0) is 13.9. The van der Waals surface area contributed by atoms with Gasteiger partial charge in [-0.25, -0.2) is 4.79 Å². The van der Waals surface area contributed by atoms with Crippen LogP contribution in [0.4, 0.5) is 5.69 Å². The molecule has 0 aliphatic heterocycles. The number of hydrogen-bond donors (Lipinski definition) is 2. The first kappa shape index (κ1) is 13.3. The van der Waals surface area contributed by atoms with E-state index in [9.17, 15) is 24.8 Å². The first-order valence-corrected chi connectivity index (χ1v) is 4.50. The molecule has 2 N–H and O–H groups in total. The fourth-order valence-corrected chi connectivity index (χ4v) is 1.33. The number of aliphatic carboxylic acids is 1. The number of aliphatic hydroxyl groups is 1. The Labute approximate surface area is 99.8 Å². The summed E-state index contributed by atoms with van der Waals surface area (Å²) in [7, 11) is 0. The SMILES string of the molecule is N#Cc1cc(C(O)C(=O)O)c(C=O)cc1[N+](=O)[O-]. The normalized spacial score (nSPS) is 11.3. The van der Waals surface area contributed by atoms with Crippen LogP contribution in [0.15, 0.2) is 12.1 Å². The minimum atomic E-state index is -2.03. The van der Waals surface area contributed by atoms with Gasteiger partial charge in [0.2, 0.25) is 0 Å². The maximum atomic E-state index is 10.7. The first-order valence-electron chi connectivity index (χ1n) is 4.50. The molecule has 0 aliphatic rings. The van der Waals surface area contributed by atoms with Gasteiger partial charge in [0, 0.05) is 17.2 Å². The average molecular weight is 250 g/mol. The Balaban J connectivity index is 3.55. The fraction of sp³-hybridized carbons (Fsp3) is 0.100. The van der Waals surface area contributed by atoms with Gasteiger partial charge in [-0.05, 0) is 6.07 Å². The third-order valence-electron chi connectivity index (χ3n) is 2.17. The zero-order valence-electron chi connectivity index (χ0n) is 8.73. The topological polar surface area (TPSA) is 142 Å². The fourth-order valence-electron chi connectivity index (χ4n) is 1.33. The Morgan fingerprint density at radius 1 is 1.56 bits per heavy atom. The summed E-state index contributed by atoms with van der Waals surface area (Å²) in [6.07, 6.45) is -1.85. The summed E-state index contributed by atoms with van der Waals surface area (Å²) in [4.78, 5) is 31.1. The van der Waals surface area contributed by atoms with Crippen molar-refractivity contribution in [3.63, 3.8) is 0 Å². The molecule has 0 fully saturated rings. The summed E-state index contributed by atoms with van der Waals surface area (Å²) in [5.74, 6) is -1.63. The summed E-state index contributed by atoms with van der Waals surface area (Å²) < 4.78 is 0. The molecule has 0 saturated carbocycles. The number of nitriles is 1. The maximum absolute atomic E-state index is 10.7. The van der Waals surface area contributed by atoms with Crippen molar-refractivity contribution in [1.29, 1.82) is 5.26 Å². The quantitative estimate of drug-likeness (QED) is 0.447. The van der Waals surface area contributed by atoms with Gasteiger partial charge in [-0.1, -0.05) is 0 Å². The molecule has 0 spiro atoms. The highest BCUT2D eigenvalue weighted by Gasteiger charge is 2.25. The van der Waals surface area contributed by atoms with E-state index in [0.29, 0.717) is 0 Å². The van der Waals surface area contributed by atoms with Gasteiger partial charge in [0.1, 0.15) is 11.6 Å². The van der Waals surface area contributed by atoms with Crippen molar-refractivity contribution >= 4 is 17.9 Å². The molecule has 1 unspecified atom stereocenters. The molecule has 1 aromatic carbocycles. The van der Waals surface area contributed by atoms with Crippen LogP contribution < -0.4 is 0 Å². The molecule has 1 rings (SSSR count). The van der Waals surface area contributed by atoms with Crippen molar-refractivity contribution in [1.82, 2.24) is 0 Å². The number of rotatable bonds is 4.